The van der Waals surface area contributed by atoms with Crippen LogP contribution in [0.1, 0.15) is 32.6 Å². The number of unbranched alkanes of at least 4 members (excludes halogenated alkanes) is 3. The molecule has 0 heterocycles. The van der Waals surface area contributed by atoms with Gasteiger partial charge < -0.3 is 0 Å². The summed E-state index contributed by atoms with van der Waals surface area (Å²) >= 11 is 0. The Bertz CT molecular complexity index is 422. The summed E-state index contributed by atoms with van der Waals surface area (Å²) in [4.78, 5) is 0. The van der Waals surface area contributed by atoms with Crippen LogP contribution in [0.3, 0.4) is 0 Å². The van der Waals surface area contributed by atoms with Crippen LogP contribution in [-0.2, 0) is 0 Å². The van der Waals surface area contributed by atoms with Gasteiger partial charge in [-0.25, -0.2) is 22.0 Å². The predicted molar refractivity (Wildman–Crippen MR) is 67.8 cm³/mol. The van der Waals surface area contributed by atoms with Gasteiger partial charge in [-0.15, -0.1) is 0 Å². The third-order valence-electron chi connectivity index (χ3n) is 2.85. The van der Waals surface area contributed by atoms with Gasteiger partial charge in [0.2, 0.25) is 0 Å². The van der Waals surface area contributed by atoms with Crippen LogP contribution in [0.4, 0.5) is 22.0 Å². The van der Waals surface area contributed by atoms with Crippen molar-refractivity contribution in [2.45, 2.75) is 32.6 Å². The molecule has 0 bridgehead atoms. The highest BCUT2D eigenvalue weighted by atomic mass is 31.1. The molecular weight excluding hydrogens is 282 g/mol. The molecule has 0 spiro atoms. The van der Waals surface area contributed by atoms with Crippen molar-refractivity contribution in [3.05, 3.63) is 29.3 Å². The first-order valence-corrected chi connectivity index (χ1v) is 7.88. The van der Waals surface area contributed by atoms with Gasteiger partial charge in [0, 0.05) is 5.30 Å². The molecule has 1 atom stereocenters. The zero-order chi connectivity index (χ0) is 14.4. The van der Waals surface area contributed by atoms with Gasteiger partial charge in [0.1, 0.15) is 6.42 Å². The maximum absolute atomic E-state index is 13.5. The summed E-state index contributed by atoms with van der Waals surface area (Å²) in [6, 6.07) is 0.582. The largest absolute Gasteiger partial charge is 0.246 e. The normalized spacial score (nSPS) is 12.7. The summed E-state index contributed by atoms with van der Waals surface area (Å²) < 4.78 is 65.4. The molecule has 19 heavy (non-hydrogen) atoms. The van der Waals surface area contributed by atoms with Gasteiger partial charge in [-0.2, -0.15) is 0 Å². The van der Waals surface area contributed by atoms with Crippen LogP contribution >= 0.6 is 7.92 Å². The van der Waals surface area contributed by atoms with Crippen molar-refractivity contribution in [3.63, 3.8) is 0 Å². The number of halogens is 5. The first-order valence-electron chi connectivity index (χ1n) is 6.16. The molecule has 0 saturated carbocycles. The van der Waals surface area contributed by atoms with Crippen LogP contribution in [0.25, 0.3) is 0 Å². The molecule has 0 saturated heterocycles. The van der Waals surface area contributed by atoms with Gasteiger partial charge in [0.25, 0.3) is 0 Å². The fourth-order valence-corrected chi connectivity index (χ4v) is 3.53. The fraction of sp³-hybridized carbons (Fsp3) is 0.538. The number of alkyl halides is 1. The van der Waals surface area contributed by atoms with E-state index in [9.17, 15) is 22.0 Å². The number of hydrogen-bond acceptors (Lipinski definition) is 0. The van der Waals surface area contributed by atoms with Gasteiger partial charge in [-0.3, -0.25) is 0 Å². The quantitative estimate of drug-likeness (QED) is 0.222. The highest BCUT2D eigenvalue weighted by molar-refractivity contribution is 7.65. The van der Waals surface area contributed by atoms with Gasteiger partial charge in [0.15, 0.2) is 23.3 Å². The summed E-state index contributed by atoms with van der Waals surface area (Å²) in [7, 11) is -1.62. The molecule has 1 rings (SSSR count). The molecular formula is C13H16F5P. The Kier molecular flexibility index (Phi) is 6.70. The average molecular weight is 298 g/mol. The number of hydrogen-bond donors (Lipinski definition) is 0. The highest BCUT2D eigenvalue weighted by Crippen LogP contribution is 2.38. The first kappa shape index (κ1) is 16.4. The van der Waals surface area contributed by atoms with Crippen molar-refractivity contribution in [1.29, 1.82) is 0 Å². The third-order valence-corrected chi connectivity index (χ3v) is 5.00. The van der Waals surface area contributed by atoms with Crippen molar-refractivity contribution in [1.82, 2.24) is 0 Å². The van der Waals surface area contributed by atoms with E-state index in [0.717, 1.165) is 19.3 Å². The van der Waals surface area contributed by atoms with E-state index in [2.05, 4.69) is 0 Å². The van der Waals surface area contributed by atoms with E-state index < -0.39 is 37.6 Å². The first-order chi connectivity index (χ1) is 9.02. The second-order valence-corrected chi connectivity index (χ2v) is 6.51. The van der Waals surface area contributed by atoms with Crippen molar-refractivity contribution in [2.24, 2.45) is 0 Å². The smallest absolute Gasteiger partial charge is 0.198 e. The molecule has 1 aromatic rings. The molecule has 0 N–H and O–H groups in total. The molecule has 1 unspecified atom stereocenters. The Balaban J connectivity index is 2.86. The SMILES string of the molecule is CCCCCCP(CF)c1cc(F)c(F)c(F)c1F. The maximum Gasteiger partial charge on any atom is 0.198 e. The van der Waals surface area contributed by atoms with E-state index in [1.807, 2.05) is 6.92 Å². The Morgan fingerprint density at radius 3 is 2.21 bits per heavy atom. The van der Waals surface area contributed by atoms with E-state index in [1.165, 1.54) is 0 Å². The molecule has 0 nitrogen and oxygen atoms in total. The standard InChI is InChI=1S/C13H16F5P/c1-2-3-4-5-6-19(8-14)10-7-9(15)11(16)13(18)12(10)17/h7H,2-6,8H2,1H3. The van der Waals surface area contributed by atoms with E-state index in [-0.39, 0.29) is 5.30 Å². The lowest BCUT2D eigenvalue weighted by molar-refractivity contribution is 0.412. The van der Waals surface area contributed by atoms with Crippen molar-refractivity contribution in [2.75, 3.05) is 12.6 Å². The molecule has 0 amide bonds. The molecule has 0 aliphatic heterocycles. The third kappa shape index (κ3) is 4.13. The van der Waals surface area contributed by atoms with Crippen molar-refractivity contribution < 1.29 is 22.0 Å². The maximum atomic E-state index is 13.5. The van der Waals surface area contributed by atoms with E-state index in [4.69, 9.17) is 0 Å². The summed E-state index contributed by atoms with van der Waals surface area (Å²) in [5.41, 5.74) is 0. The van der Waals surface area contributed by atoms with E-state index in [1.54, 1.807) is 0 Å². The Labute approximate surface area is 110 Å². The average Bonchev–Trinajstić information content (AvgIpc) is 2.41. The van der Waals surface area contributed by atoms with Crippen LogP contribution in [0, 0.1) is 23.3 Å². The zero-order valence-corrected chi connectivity index (χ0v) is 11.6. The van der Waals surface area contributed by atoms with Crippen LogP contribution in [-0.4, -0.2) is 12.6 Å². The molecule has 0 radical (unpaired) electrons. The Morgan fingerprint density at radius 2 is 1.63 bits per heavy atom. The molecule has 108 valence electrons. The van der Waals surface area contributed by atoms with Gasteiger partial charge >= 0.3 is 0 Å². The Morgan fingerprint density at radius 1 is 0.947 bits per heavy atom. The van der Waals surface area contributed by atoms with E-state index in [0.29, 0.717) is 18.6 Å². The fourth-order valence-electron chi connectivity index (χ4n) is 1.76. The number of rotatable bonds is 7. The van der Waals surface area contributed by atoms with Gasteiger partial charge in [0.05, 0.1) is 0 Å². The van der Waals surface area contributed by atoms with Crippen LogP contribution in [0.2, 0.25) is 0 Å². The molecule has 0 aliphatic rings. The minimum atomic E-state index is -1.86. The molecule has 0 aliphatic carbocycles. The second kappa shape index (κ2) is 7.78. The van der Waals surface area contributed by atoms with Crippen LogP contribution in [0.15, 0.2) is 6.07 Å². The molecule has 0 aromatic heterocycles. The zero-order valence-electron chi connectivity index (χ0n) is 10.7. The van der Waals surface area contributed by atoms with E-state index >= 15 is 0 Å². The summed E-state index contributed by atoms with van der Waals surface area (Å²) in [6.45, 7) is 2.02. The lowest BCUT2D eigenvalue weighted by Crippen LogP contribution is -2.15. The minimum Gasteiger partial charge on any atom is -0.246 e. The lowest BCUT2D eigenvalue weighted by Gasteiger charge is -2.15. The summed E-state index contributed by atoms with van der Waals surface area (Å²) in [5, 5.41) is -0.356. The number of benzene rings is 1. The van der Waals surface area contributed by atoms with Crippen molar-refractivity contribution >= 4 is 13.2 Å². The minimum absolute atomic E-state index is 0.354. The molecule has 1 aromatic carbocycles. The Hall–Kier alpha value is -0.700. The molecule has 0 fully saturated rings. The highest BCUT2D eigenvalue weighted by Gasteiger charge is 2.23. The molecule has 6 heteroatoms. The second-order valence-electron chi connectivity index (χ2n) is 4.26. The lowest BCUT2D eigenvalue weighted by atomic mass is 10.2. The van der Waals surface area contributed by atoms with Gasteiger partial charge in [-0.05, 0) is 26.6 Å². The van der Waals surface area contributed by atoms with Crippen LogP contribution in [0.5, 0.6) is 0 Å². The van der Waals surface area contributed by atoms with Crippen LogP contribution < -0.4 is 5.30 Å². The topological polar surface area (TPSA) is 0 Å². The van der Waals surface area contributed by atoms with Gasteiger partial charge in [-0.1, -0.05) is 26.2 Å². The monoisotopic (exact) mass is 298 g/mol. The summed E-state index contributed by atoms with van der Waals surface area (Å²) in [5.74, 6) is -6.63. The van der Waals surface area contributed by atoms with Crippen molar-refractivity contribution in [3.8, 4) is 0 Å². The summed E-state index contributed by atoms with van der Waals surface area (Å²) in [6.07, 6.45) is 3.01. The predicted octanol–water partition coefficient (Wildman–Crippen LogP) is 4.86.